The molecule has 4 aromatic rings. The molecule has 3 heterocycles. The Morgan fingerprint density at radius 3 is 2.00 bits per heavy atom. The summed E-state index contributed by atoms with van der Waals surface area (Å²) >= 11 is 2.46. The molecular weight excluding hydrogens is 526 g/mol. The summed E-state index contributed by atoms with van der Waals surface area (Å²) in [6, 6.07) is 21.1. The third-order valence-electron chi connectivity index (χ3n) is 5.19. The van der Waals surface area contributed by atoms with Crippen molar-refractivity contribution in [3.8, 4) is 0 Å². The van der Waals surface area contributed by atoms with Gasteiger partial charge >= 0.3 is 192 Å². The molecule has 0 N–H and O–H groups in total. The first-order chi connectivity index (χ1) is 14.7. The number of hydrogen-bond acceptors (Lipinski definition) is 5. The number of allylic oxidation sites excluding steroid dienone is 1. The van der Waals surface area contributed by atoms with Gasteiger partial charge in [0.05, 0.1) is 0 Å². The number of hydrogen-bond donors (Lipinski definition) is 0. The number of nitrogens with zero attached hydrogens (tertiary/aromatic N) is 1. The first-order valence-electron chi connectivity index (χ1n) is 9.34. The molecule has 0 bridgehead atoms. The van der Waals surface area contributed by atoms with Gasteiger partial charge in [0.1, 0.15) is 0 Å². The number of fused-ring (bicyclic) bond motifs is 3. The van der Waals surface area contributed by atoms with Gasteiger partial charge in [-0.1, -0.05) is 0 Å². The summed E-state index contributed by atoms with van der Waals surface area (Å²) in [5, 5.41) is 3.55. The Bertz CT molecular complexity index is 1300. The number of para-hydroxylation sites is 2. The minimum absolute atomic E-state index is 0.136. The van der Waals surface area contributed by atoms with E-state index in [1.54, 1.807) is 22.5 Å². The quantitative estimate of drug-likeness (QED) is 0.152. The molecule has 2 aliphatic rings. The molecule has 0 fully saturated rings. The first-order valence-corrected chi connectivity index (χ1v) is 13.4. The normalized spacial score (nSPS) is 14.5. The molecule has 0 saturated carbocycles. The Kier molecular flexibility index (Phi) is 4.36. The fourth-order valence-corrected chi connectivity index (χ4v) is 8.46. The van der Waals surface area contributed by atoms with E-state index in [1.807, 2.05) is 6.08 Å². The topological polar surface area (TPSA) is 37.4 Å². The monoisotopic (exact) mass is 541 g/mol. The Hall–Kier alpha value is -2.36. The average Bonchev–Trinajstić information content (AvgIpc) is 3.48. The predicted octanol–water partition coefficient (Wildman–Crippen LogP) is 6.20. The fourth-order valence-electron chi connectivity index (χ4n) is 3.80. The summed E-state index contributed by atoms with van der Waals surface area (Å²) in [6.45, 7) is 0. The molecule has 6 rings (SSSR count). The fraction of sp³-hybridized carbons (Fsp3) is 0. The van der Waals surface area contributed by atoms with E-state index < -0.39 is 20.4 Å². The molecule has 0 radical (unpaired) electrons. The van der Waals surface area contributed by atoms with Gasteiger partial charge in [-0.15, -0.1) is 0 Å². The number of thiophene rings is 1. The van der Waals surface area contributed by atoms with E-state index in [9.17, 15) is 9.59 Å². The van der Waals surface area contributed by atoms with E-state index >= 15 is 0 Å². The number of Topliss-reactive ketones (excluding diaryl/α,β-unsaturated/α-hetero) is 2. The molecule has 6 heteroatoms. The third kappa shape index (κ3) is 2.79. The summed E-state index contributed by atoms with van der Waals surface area (Å²) in [4.78, 5) is 30.1. The molecule has 1 aliphatic heterocycles. The molecule has 1 aliphatic carbocycles. The van der Waals surface area contributed by atoms with Gasteiger partial charge < -0.3 is 0 Å². The van der Waals surface area contributed by atoms with Gasteiger partial charge in [-0.3, -0.25) is 0 Å². The van der Waals surface area contributed by atoms with E-state index in [1.165, 1.54) is 36.2 Å². The van der Waals surface area contributed by atoms with Crippen molar-refractivity contribution < 1.29 is 9.59 Å². The van der Waals surface area contributed by atoms with Crippen LogP contribution < -0.4 is 4.90 Å². The van der Waals surface area contributed by atoms with E-state index in [0.29, 0.717) is 16.7 Å². The number of rotatable bonds is 2. The van der Waals surface area contributed by atoms with Crippen LogP contribution in [0.5, 0.6) is 0 Å². The number of anilines is 3. The molecule has 0 atom stereocenters. The maximum absolute atomic E-state index is 12.6. The van der Waals surface area contributed by atoms with Gasteiger partial charge in [-0.05, 0) is 0 Å². The SMILES string of the molecule is O=C1C(=Cc2ccc(N3c4ccccc4Sc4ccccc43)[te]2)C(=O)c2cscc21. The van der Waals surface area contributed by atoms with Crippen LogP contribution in [-0.4, -0.2) is 32.0 Å². The molecule has 0 unspecified atom stereocenters. The Morgan fingerprint density at radius 1 is 0.767 bits per heavy atom. The van der Waals surface area contributed by atoms with Crippen LogP contribution in [0.4, 0.5) is 15.1 Å². The van der Waals surface area contributed by atoms with Crippen molar-refractivity contribution in [1.29, 1.82) is 0 Å². The van der Waals surface area contributed by atoms with Crippen molar-refractivity contribution in [2.24, 2.45) is 0 Å². The Balaban J connectivity index is 1.43. The molecule has 144 valence electrons. The van der Waals surface area contributed by atoms with E-state index in [4.69, 9.17) is 0 Å². The number of ketones is 2. The van der Waals surface area contributed by atoms with Crippen LogP contribution >= 0.6 is 23.1 Å². The van der Waals surface area contributed by atoms with Crippen LogP contribution in [0.1, 0.15) is 24.3 Å². The Morgan fingerprint density at radius 2 is 1.37 bits per heavy atom. The van der Waals surface area contributed by atoms with Crippen molar-refractivity contribution in [3.63, 3.8) is 0 Å². The van der Waals surface area contributed by atoms with Crippen LogP contribution in [0.25, 0.3) is 6.08 Å². The van der Waals surface area contributed by atoms with Gasteiger partial charge in [0.15, 0.2) is 0 Å². The van der Waals surface area contributed by atoms with Crippen LogP contribution in [-0.2, 0) is 0 Å². The number of benzene rings is 2. The second kappa shape index (κ2) is 7.11. The molecule has 0 spiro atoms. The summed E-state index contributed by atoms with van der Waals surface area (Å²) in [5.74, 6) is -0.272. The number of carbonyl (C=O) groups is 2. The molecule has 30 heavy (non-hydrogen) atoms. The minimum atomic E-state index is -0.743. The van der Waals surface area contributed by atoms with Gasteiger partial charge in [-0.25, -0.2) is 0 Å². The van der Waals surface area contributed by atoms with Crippen molar-refractivity contribution in [2.75, 3.05) is 4.90 Å². The van der Waals surface area contributed by atoms with Crippen LogP contribution in [0.15, 0.2) is 86.8 Å². The average molecular weight is 539 g/mol. The standard InChI is InChI=1S/C24H13NO2S2Te/c26-23-15(24(27)17-13-28-12-16(17)23)11-14-9-10-22(30-14)25-18-5-1-3-7-20(18)29-21-8-4-2-6-19(21)25/h1-13H. The van der Waals surface area contributed by atoms with E-state index in [0.717, 1.165) is 3.58 Å². The molecular formula is C24H13NO2S2Te. The van der Waals surface area contributed by atoms with Crippen molar-refractivity contribution in [3.05, 3.63) is 91.7 Å². The van der Waals surface area contributed by atoms with Gasteiger partial charge in [-0.2, -0.15) is 0 Å². The van der Waals surface area contributed by atoms with Gasteiger partial charge in [0.25, 0.3) is 0 Å². The Labute approximate surface area is 191 Å². The van der Waals surface area contributed by atoms with Crippen molar-refractivity contribution in [1.82, 2.24) is 0 Å². The molecule has 3 nitrogen and oxygen atoms in total. The second-order valence-corrected chi connectivity index (χ2v) is 11.9. The van der Waals surface area contributed by atoms with Crippen LogP contribution in [0.3, 0.4) is 0 Å². The summed E-state index contributed by atoms with van der Waals surface area (Å²) in [5.41, 5.74) is 3.80. The predicted molar refractivity (Wildman–Crippen MR) is 123 cm³/mol. The van der Waals surface area contributed by atoms with Crippen molar-refractivity contribution >= 4 is 76.3 Å². The zero-order valence-electron chi connectivity index (χ0n) is 15.5. The summed E-state index contributed by atoms with van der Waals surface area (Å²) in [6.07, 6.45) is 1.83. The van der Waals surface area contributed by atoms with Gasteiger partial charge in [0, 0.05) is 0 Å². The zero-order chi connectivity index (χ0) is 20.2. The van der Waals surface area contributed by atoms with E-state index in [2.05, 4.69) is 65.6 Å². The summed E-state index contributed by atoms with van der Waals surface area (Å²) in [7, 11) is 0. The third-order valence-corrected chi connectivity index (χ3v) is 9.97. The summed E-state index contributed by atoms with van der Waals surface area (Å²) < 4.78 is 2.37. The molecule has 2 aromatic heterocycles. The van der Waals surface area contributed by atoms with E-state index in [-0.39, 0.29) is 11.6 Å². The maximum atomic E-state index is 12.6. The second-order valence-electron chi connectivity index (χ2n) is 6.96. The molecule has 2 aromatic carbocycles. The van der Waals surface area contributed by atoms with Gasteiger partial charge in [0.2, 0.25) is 0 Å². The van der Waals surface area contributed by atoms with Crippen LogP contribution in [0.2, 0.25) is 0 Å². The molecule has 0 saturated heterocycles. The molecule has 0 amide bonds. The van der Waals surface area contributed by atoms with Crippen molar-refractivity contribution in [2.45, 2.75) is 9.79 Å². The van der Waals surface area contributed by atoms with Crippen LogP contribution in [0, 0.1) is 0 Å². The first kappa shape index (κ1) is 18.4. The zero-order valence-corrected chi connectivity index (χ0v) is 19.5. The number of carbonyl (C=O) groups excluding carboxylic acids is 2.